The fourth-order valence-corrected chi connectivity index (χ4v) is 4.32. The number of nitrogens with one attached hydrogen (secondary N) is 1. The molecule has 10 nitrogen and oxygen atoms in total. The SMILES string of the molecule is Cc1cc2ncnn2cc1Nc1ncc2c(n1)n(C1CCC(CO)CC1)c(=O)n2C. The zero-order chi connectivity index (χ0) is 20.8. The molecule has 4 aromatic rings. The van der Waals surface area contributed by atoms with Crippen LogP contribution in [0.1, 0.15) is 37.3 Å². The summed E-state index contributed by atoms with van der Waals surface area (Å²) >= 11 is 0. The van der Waals surface area contributed by atoms with Crippen LogP contribution in [0.15, 0.2) is 29.6 Å². The summed E-state index contributed by atoms with van der Waals surface area (Å²) in [6.45, 7) is 2.19. The predicted molar refractivity (Wildman–Crippen MR) is 112 cm³/mol. The summed E-state index contributed by atoms with van der Waals surface area (Å²) < 4.78 is 5.08. The molecule has 1 aliphatic carbocycles. The van der Waals surface area contributed by atoms with Gasteiger partial charge in [0.05, 0.1) is 18.1 Å². The van der Waals surface area contributed by atoms with E-state index in [-0.39, 0.29) is 18.3 Å². The number of nitrogens with zero attached hydrogens (tertiary/aromatic N) is 7. The van der Waals surface area contributed by atoms with E-state index in [2.05, 4.69) is 20.4 Å². The van der Waals surface area contributed by atoms with Crippen molar-refractivity contribution in [2.75, 3.05) is 11.9 Å². The van der Waals surface area contributed by atoms with Crippen LogP contribution < -0.4 is 11.0 Å². The van der Waals surface area contributed by atoms with Gasteiger partial charge < -0.3 is 10.4 Å². The molecule has 0 saturated heterocycles. The van der Waals surface area contributed by atoms with E-state index >= 15 is 0 Å². The van der Waals surface area contributed by atoms with Gasteiger partial charge in [0.25, 0.3) is 0 Å². The molecule has 0 bridgehead atoms. The second-order valence-electron chi connectivity index (χ2n) is 8.03. The van der Waals surface area contributed by atoms with E-state index in [1.54, 1.807) is 26.9 Å². The van der Waals surface area contributed by atoms with Gasteiger partial charge in [-0.25, -0.2) is 19.3 Å². The molecular formula is C20H24N8O2. The smallest absolute Gasteiger partial charge is 0.330 e. The lowest BCUT2D eigenvalue weighted by Gasteiger charge is -2.27. The van der Waals surface area contributed by atoms with Crippen molar-refractivity contribution < 1.29 is 5.11 Å². The minimum absolute atomic E-state index is 0.0795. The highest BCUT2D eigenvalue weighted by Crippen LogP contribution is 2.33. The maximum Gasteiger partial charge on any atom is 0.330 e. The van der Waals surface area contributed by atoms with Crippen LogP contribution in [-0.4, -0.2) is 45.4 Å². The van der Waals surface area contributed by atoms with Gasteiger partial charge in [-0.2, -0.15) is 10.1 Å². The molecule has 0 aliphatic heterocycles. The molecule has 10 heteroatoms. The van der Waals surface area contributed by atoms with Crippen LogP contribution in [0.2, 0.25) is 0 Å². The fraction of sp³-hybridized carbons (Fsp3) is 0.450. The molecule has 0 unspecified atom stereocenters. The summed E-state index contributed by atoms with van der Waals surface area (Å²) in [6, 6.07) is 2.02. The summed E-state index contributed by atoms with van der Waals surface area (Å²) in [5, 5.41) is 16.8. The van der Waals surface area contributed by atoms with Crippen molar-refractivity contribution >= 4 is 28.4 Å². The predicted octanol–water partition coefficient (Wildman–Crippen LogP) is 1.95. The number of rotatable bonds is 4. The number of anilines is 2. The average Bonchev–Trinajstić information content (AvgIpc) is 3.30. The van der Waals surface area contributed by atoms with E-state index in [1.165, 1.54) is 6.33 Å². The average molecular weight is 408 g/mol. The second kappa shape index (κ2) is 7.21. The maximum atomic E-state index is 12.9. The molecule has 4 heterocycles. The highest BCUT2D eigenvalue weighted by atomic mass is 16.3. The Balaban J connectivity index is 1.53. The van der Waals surface area contributed by atoms with E-state index in [0.29, 0.717) is 23.0 Å². The van der Waals surface area contributed by atoms with E-state index in [9.17, 15) is 9.90 Å². The first-order chi connectivity index (χ1) is 14.5. The maximum absolute atomic E-state index is 12.9. The molecule has 4 aromatic heterocycles. The van der Waals surface area contributed by atoms with Crippen LogP contribution in [-0.2, 0) is 7.05 Å². The third-order valence-corrected chi connectivity index (χ3v) is 6.14. The zero-order valence-corrected chi connectivity index (χ0v) is 17.0. The van der Waals surface area contributed by atoms with E-state index in [4.69, 9.17) is 4.98 Å². The molecule has 0 aromatic carbocycles. The second-order valence-corrected chi connectivity index (χ2v) is 8.03. The topological polar surface area (TPSA) is 115 Å². The number of hydrogen-bond donors (Lipinski definition) is 2. The first kappa shape index (κ1) is 18.7. The van der Waals surface area contributed by atoms with Gasteiger partial charge in [0.15, 0.2) is 11.3 Å². The molecule has 0 spiro atoms. The molecule has 1 fully saturated rings. The highest BCUT2D eigenvalue weighted by Gasteiger charge is 2.26. The van der Waals surface area contributed by atoms with Gasteiger partial charge >= 0.3 is 5.69 Å². The molecule has 1 aliphatic rings. The Morgan fingerprint density at radius 3 is 2.80 bits per heavy atom. The Labute approximate surface area is 172 Å². The minimum atomic E-state index is -0.0795. The van der Waals surface area contributed by atoms with Crippen LogP contribution >= 0.6 is 0 Å². The molecule has 2 N–H and O–H groups in total. The monoisotopic (exact) mass is 408 g/mol. The summed E-state index contributed by atoms with van der Waals surface area (Å²) in [5.74, 6) is 0.752. The first-order valence-corrected chi connectivity index (χ1v) is 10.2. The van der Waals surface area contributed by atoms with Crippen molar-refractivity contribution in [3.8, 4) is 0 Å². The quantitative estimate of drug-likeness (QED) is 0.530. The third-order valence-electron chi connectivity index (χ3n) is 6.14. The van der Waals surface area contributed by atoms with Gasteiger partial charge in [-0.05, 0) is 50.2 Å². The van der Waals surface area contributed by atoms with Crippen LogP contribution in [0.4, 0.5) is 11.6 Å². The lowest BCUT2D eigenvalue weighted by molar-refractivity contribution is 0.168. The number of hydrogen-bond acceptors (Lipinski definition) is 7. The molecular weight excluding hydrogens is 384 g/mol. The van der Waals surface area contributed by atoms with Gasteiger partial charge in [0.2, 0.25) is 5.95 Å². The van der Waals surface area contributed by atoms with Gasteiger partial charge in [0.1, 0.15) is 11.8 Å². The molecule has 0 atom stereocenters. The lowest BCUT2D eigenvalue weighted by Crippen LogP contribution is -2.29. The fourth-order valence-electron chi connectivity index (χ4n) is 4.32. The summed E-state index contributed by atoms with van der Waals surface area (Å²) in [5.41, 5.74) is 3.84. The van der Waals surface area contributed by atoms with Gasteiger partial charge in [-0.1, -0.05) is 0 Å². The van der Waals surface area contributed by atoms with Crippen LogP contribution in [0.25, 0.3) is 16.8 Å². The highest BCUT2D eigenvalue weighted by molar-refractivity contribution is 5.73. The summed E-state index contributed by atoms with van der Waals surface area (Å²) in [6.07, 6.45) is 8.59. The Bertz CT molecular complexity index is 1280. The number of aryl methyl sites for hydroxylation is 2. The van der Waals surface area contributed by atoms with E-state index in [1.807, 2.05) is 19.2 Å². The lowest BCUT2D eigenvalue weighted by atomic mass is 9.86. The van der Waals surface area contributed by atoms with Gasteiger partial charge in [-0.15, -0.1) is 0 Å². The molecule has 156 valence electrons. The van der Waals surface area contributed by atoms with Crippen molar-refractivity contribution in [2.24, 2.45) is 13.0 Å². The Kier molecular flexibility index (Phi) is 4.50. The van der Waals surface area contributed by atoms with Crippen LogP contribution in [0.5, 0.6) is 0 Å². The largest absolute Gasteiger partial charge is 0.396 e. The summed E-state index contributed by atoms with van der Waals surface area (Å²) in [7, 11) is 1.75. The van der Waals surface area contributed by atoms with Gasteiger partial charge in [-0.3, -0.25) is 9.13 Å². The number of fused-ring (bicyclic) bond motifs is 2. The van der Waals surface area contributed by atoms with Gasteiger partial charge in [0, 0.05) is 19.7 Å². The van der Waals surface area contributed by atoms with E-state index < -0.39 is 0 Å². The summed E-state index contributed by atoms with van der Waals surface area (Å²) in [4.78, 5) is 26.3. The normalized spacial score (nSPS) is 19.6. The Morgan fingerprint density at radius 2 is 2.03 bits per heavy atom. The molecule has 1 saturated carbocycles. The first-order valence-electron chi connectivity index (χ1n) is 10.2. The van der Waals surface area contributed by atoms with Crippen molar-refractivity contribution in [1.82, 2.24) is 33.7 Å². The number of pyridine rings is 1. The van der Waals surface area contributed by atoms with Crippen molar-refractivity contribution in [3.63, 3.8) is 0 Å². The molecule has 0 radical (unpaired) electrons. The number of aliphatic hydroxyl groups excluding tert-OH is 1. The van der Waals surface area contributed by atoms with Crippen molar-refractivity contribution in [1.29, 1.82) is 0 Å². The van der Waals surface area contributed by atoms with E-state index in [0.717, 1.165) is 42.6 Å². The molecule has 5 rings (SSSR count). The van der Waals surface area contributed by atoms with Crippen LogP contribution in [0.3, 0.4) is 0 Å². The number of aliphatic hydroxyl groups is 1. The molecule has 30 heavy (non-hydrogen) atoms. The van der Waals surface area contributed by atoms with Crippen LogP contribution in [0, 0.1) is 12.8 Å². The Morgan fingerprint density at radius 1 is 1.23 bits per heavy atom. The minimum Gasteiger partial charge on any atom is -0.396 e. The zero-order valence-electron chi connectivity index (χ0n) is 17.0. The standard InChI is InChI=1S/C20H24N8O2/c1-12-7-17-22-11-23-27(17)9-15(12)24-19-21-8-16-18(25-19)28(20(30)26(16)2)14-5-3-13(10-29)4-6-14/h7-9,11,13-14,29H,3-6,10H2,1-2H3,(H,21,24,25). The van der Waals surface area contributed by atoms with Crippen molar-refractivity contribution in [3.05, 3.63) is 40.8 Å². The number of imidazole rings is 1. The van der Waals surface area contributed by atoms with Crippen molar-refractivity contribution in [2.45, 2.75) is 38.6 Å². The third kappa shape index (κ3) is 3.04. The number of aromatic nitrogens is 7. The Hall–Kier alpha value is -3.27. The molecule has 0 amide bonds.